The molecule has 0 bridgehead atoms. The summed E-state index contributed by atoms with van der Waals surface area (Å²) in [5.41, 5.74) is 0.571. The van der Waals surface area contributed by atoms with E-state index in [4.69, 9.17) is 9.84 Å². The normalized spacial score (nSPS) is 16.0. The third kappa shape index (κ3) is 3.60. The van der Waals surface area contributed by atoms with Crippen LogP contribution in [0.3, 0.4) is 0 Å². The van der Waals surface area contributed by atoms with Gasteiger partial charge in [0.15, 0.2) is 0 Å². The Labute approximate surface area is 120 Å². The molecule has 1 aliphatic rings. The van der Waals surface area contributed by atoms with Crippen LogP contribution >= 0.6 is 0 Å². The van der Waals surface area contributed by atoms with Gasteiger partial charge in [0.25, 0.3) is 0 Å². The molecule has 1 saturated carbocycles. The van der Waals surface area contributed by atoms with E-state index in [0.29, 0.717) is 24.8 Å². The average molecular weight is 302 g/mol. The van der Waals surface area contributed by atoms with Gasteiger partial charge in [-0.2, -0.15) is 4.31 Å². The van der Waals surface area contributed by atoms with Crippen molar-refractivity contribution >= 4 is 10.0 Å². The fraction of sp³-hybridized carbons (Fsp3) is 0.692. The van der Waals surface area contributed by atoms with Crippen LogP contribution in [-0.2, 0) is 28.4 Å². The van der Waals surface area contributed by atoms with Crippen LogP contribution in [0.5, 0.6) is 0 Å². The lowest BCUT2D eigenvalue weighted by Crippen LogP contribution is -2.30. The van der Waals surface area contributed by atoms with Gasteiger partial charge in [-0.15, -0.1) is 0 Å². The lowest BCUT2D eigenvalue weighted by atomic mass is 10.5. The highest BCUT2D eigenvalue weighted by Gasteiger charge is 2.24. The number of rotatable bonds is 8. The maximum absolute atomic E-state index is 12.3. The lowest BCUT2D eigenvalue weighted by Gasteiger charge is -2.16. The van der Waals surface area contributed by atoms with Crippen LogP contribution in [0, 0.1) is 5.92 Å². The SMILES string of the molecule is CN(CCOCC1CC1)S(=O)(=O)c1cc(CO)n(C)c1. The third-order valence-electron chi connectivity index (χ3n) is 3.55. The summed E-state index contributed by atoms with van der Waals surface area (Å²) in [7, 11) is -0.260. The molecule has 0 unspecified atom stereocenters. The molecule has 20 heavy (non-hydrogen) atoms. The second-order valence-electron chi connectivity index (χ2n) is 5.28. The van der Waals surface area contributed by atoms with Gasteiger partial charge in [0.2, 0.25) is 10.0 Å². The molecule has 0 atom stereocenters. The fourth-order valence-electron chi connectivity index (χ4n) is 1.90. The van der Waals surface area contributed by atoms with Crippen molar-refractivity contribution in [1.29, 1.82) is 0 Å². The summed E-state index contributed by atoms with van der Waals surface area (Å²) >= 11 is 0. The predicted octanol–water partition coefficient (Wildman–Crippen LogP) is 0.564. The molecule has 0 saturated heterocycles. The van der Waals surface area contributed by atoms with E-state index in [2.05, 4.69) is 0 Å². The molecule has 0 radical (unpaired) electrons. The first-order valence-electron chi connectivity index (χ1n) is 6.75. The van der Waals surface area contributed by atoms with Crippen molar-refractivity contribution in [2.24, 2.45) is 13.0 Å². The summed E-state index contributed by atoms with van der Waals surface area (Å²) in [6, 6.07) is 1.50. The Morgan fingerprint density at radius 2 is 2.20 bits per heavy atom. The molecule has 0 aliphatic heterocycles. The van der Waals surface area contributed by atoms with Gasteiger partial charge in [0, 0.05) is 39.1 Å². The Hall–Kier alpha value is -0.890. The number of aliphatic hydroxyl groups is 1. The van der Waals surface area contributed by atoms with Crippen LogP contribution in [0.2, 0.25) is 0 Å². The first-order chi connectivity index (χ1) is 9.45. The second kappa shape index (κ2) is 6.26. The van der Waals surface area contributed by atoms with Crippen molar-refractivity contribution in [2.75, 3.05) is 26.8 Å². The van der Waals surface area contributed by atoms with Crippen LogP contribution in [0.15, 0.2) is 17.2 Å². The van der Waals surface area contributed by atoms with Gasteiger partial charge >= 0.3 is 0 Å². The fourth-order valence-corrected chi connectivity index (χ4v) is 3.15. The van der Waals surface area contributed by atoms with E-state index in [1.54, 1.807) is 18.7 Å². The Bertz CT molecular complexity index is 549. The summed E-state index contributed by atoms with van der Waals surface area (Å²) < 4.78 is 33.0. The smallest absolute Gasteiger partial charge is 0.244 e. The number of nitrogens with zero attached hydrogens (tertiary/aromatic N) is 2. The summed E-state index contributed by atoms with van der Waals surface area (Å²) in [4.78, 5) is 0.203. The third-order valence-corrected chi connectivity index (χ3v) is 5.38. The highest BCUT2D eigenvalue weighted by atomic mass is 32.2. The van der Waals surface area contributed by atoms with Crippen LogP contribution < -0.4 is 0 Å². The van der Waals surface area contributed by atoms with Crippen molar-refractivity contribution in [1.82, 2.24) is 8.87 Å². The largest absolute Gasteiger partial charge is 0.390 e. The van der Waals surface area contributed by atoms with Gasteiger partial charge in [-0.3, -0.25) is 0 Å². The molecule has 1 N–H and O–H groups in total. The number of likely N-dealkylation sites (N-methyl/N-ethyl adjacent to an activating group) is 1. The van der Waals surface area contributed by atoms with Crippen LogP contribution in [-0.4, -0.2) is 49.2 Å². The van der Waals surface area contributed by atoms with Crippen molar-refractivity contribution in [3.8, 4) is 0 Å². The van der Waals surface area contributed by atoms with E-state index in [9.17, 15) is 8.42 Å². The maximum Gasteiger partial charge on any atom is 0.244 e. The van der Waals surface area contributed by atoms with E-state index >= 15 is 0 Å². The first-order valence-corrected chi connectivity index (χ1v) is 8.19. The number of sulfonamides is 1. The summed E-state index contributed by atoms with van der Waals surface area (Å²) in [6.07, 6.45) is 3.96. The molecule has 1 aromatic rings. The zero-order valence-corrected chi connectivity index (χ0v) is 12.8. The quantitative estimate of drug-likeness (QED) is 0.713. The molecular formula is C13H22N2O4S. The molecule has 1 aliphatic carbocycles. The molecule has 1 fully saturated rings. The number of hydrogen-bond donors (Lipinski definition) is 1. The Morgan fingerprint density at radius 1 is 1.50 bits per heavy atom. The molecule has 114 valence electrons. The number of aromatic nitrogens is 1. The monoisotopic (exact) mass is 302 g/mol. The van der Waals surface area contributed by atoms with E-state index in [-0.39, 0.29) is 11.5 Å². The first kappa shape index (κ1) is 15.5. The molecule has 7 heteroatoms. The summed E-state index contributed by atoms with van der Waals surface area (Å²) in [6.45, 7) is 1.29. The Morgan fingerprint density at radius 3 is 2.75 bits per heavy atom. The van der Waals surface area contributed by atoms with Crippen LogP contribution in [0.25, 0.3) is 0 Å². The van der Waals surface area contributed by atoms with E-state index in [1.165, 1.54) is 29.4 Å². The molecule has 1 heterocycles. The molecule has 0 spiro atoms. The average Bonchev–Trinajstić information content (AvgIpc) is 3.15. The van der Waals surface area contributed by atoms with E-state index in [0.717, 1.165) is 6.61 Å². The number of ether oxygens (including phenoxy) is 1. The van der Waals surface area contributed by atoms with Gasteiger partial charge in [0.05, 0.1) is 13.2 Å². The minimum absolute atomic E-state index is 0.180. The Kier molecular flexibility index (Phi) is 4.85. The zero-order valence-electron chi connectivity index (χ0n) is 11.9. The topological polar surface area (TPSA) is 71.8 Å². The highest BCUT2D eigenvalue weighted by Crippen LogP contribution is 2.28. The number of aryl methyl sites for hydroxylation is 1. The highest BCUT2D eigenvalue weighted by molar-refractivity contribution is 7.89. The van der Waals surface area contributed by atoms with Gasteiger partial charge in [0.1, 0.15) is 4.90 Å². The van der Waals surface area contributed by atoms with Crippen LogP contribution in [0.1, 0.15) is 18.5 Å². The van der Waals surface area contributed by atoms with Gasteiger partial charge in [-0.1, -0.05) is 0 Å². The van der Waals surface area contributed by atoms with Gasteiger partial charge in [-0.05, 0) is 24.8 Å². The van der Waals surface area contributed by atoms with Crippen molar-refractivity contribution in [3.63, 3.8) is 0 Å². The van der Waals surface area contributed by atoms with E-state index in [1.807, 2.05) is 0 Å². The standard InChI is InChI=1S/C13H22N2O4S/c1-14-8-13(7-12(14)9-16)20(17,18)15(2)5-6-19-10-11-3-4-11/h7-8,11,16H,3-6,9-10H2,1-2H3. The number of hydrogen-bond acceptors (Lipinski definition) is 4. The van der Waals surface area contributed by atoms with Crippen molar-refractivity contribution < 1.29 is 18.3 Å². The zero-order chi connectivity index (χ0) is 14.8. The Balaban J connectivity index is 1.92. The second-order valence-corrected chi connectivity index (χ2v) is 7.33. The molecular weight excluding hydrogens is 280 g/mol. The minimum atomic E-state index is -3.51. The van der Waals surface area contributed by atoms with Gasteiger partial charge < -0.3 is 14.4 Å². The van der Waals surface area contributed by atoms with E-state index < -0.39 is 10.0 Å². The minimum Gasteiger partial charge on any atom is -0.390 e. The maximum atomic E-state index is 12.3. The molecule has 0 amide bonds. The molecule has 6 nitrogen and oxygen atoms in total. The van der Waals surface area contributed by atoms with Crippen molar-refractivity contribution in [2.45, 2.75) is 24.3 Å². The number of aliphatic hydroxyl groups excluding tert-OH is 1. The molecule has 2 rings (SSSR count). The summed E-state index contributed by atoms with van der Waals surface area (Å²) in [5.74, 6) is 0.679. The summed E-state index contributed by atoms with van der Waals surface area (Å²) in [5, 5.41) is 9.12. The molecule has 1 aromatic heterocycles. The van der Waals surface area contributed by atoms with Crippen molar-refractivity contribution in [3.05, 3.63) is 18.0 Å². The predicted molar refractivity (Wildman–Crippen MR) is 74.7 cm³/mol. The lowest BCUT2D eigenvalue weighted by molar-refractivity contribution is 0.117. The molecule has 0 aromatic carbocycles. The van der Waals surface area contributed by atoms with Gasteiger partial charge in [-0.25, -0.2) is 8.42 Å². The van der Waals surface area contributed by atoms with Crippen LogP contribution in [0.4, 0.5) is 0 Å².